The first-order valence-electron chi connectivity index (χ1n) is 11.0. The highest BCUT2D eigenvalue weighted by atomic mass is 32.2. The number of hydrogen-bond acceptors (Lipinski definition) is 5. The van der Waals surface area contributed by atoms with E-state index in [9.17, 15) is 4.79 Å². The molecule has 4 aromatic rings. The number of rotatable bonds is 8. The third-order valence-corrected chi connectivity index (χ3v) is 6.54. The Labute approximate surface area is 198 Å². The van der Waals surface area contributed by atoms with Crippen molar-refractivity contribution in [2.45, 2.75) is 30.8 Å². The van der Waals surface area contributed by atoms with Crippen molar-refractivity contribution in [2.24, 2.45) is 0 Å². The Bertz CT molecular complexity index is 1270. The molecule has 0 aliphatic carbocycles. The largest absolute Gasteiger partial charge is 0.383 e. The van der Waals surface area contributed by atoms with Crippen molar-refractivity contribution < 1.29 is 4.79 Å². The van der Waals surface area contributed by atoms with Gasteiger partial charge >= 0.3 is 0 Å². The van der Waals surface area contributed by atoms with E-state index in [0.717, 1.165) is 38.9 Å². The molecular formula is C27H28N4OS. The van der Waals surface area contributed by atoms with Gasteiger partial charge in [-0.2, -0.15) is 0 Å². The molecule has 1 atom stereocenters. The molecule has 1 heterocycles. The molecule has 0 aliphatic heterocycles. The molecule has 0 radical (unpaired) electrons. The minimum atomic E-state index is -0.533. The molecule has 0 bridgehead atoms. The van der Waals surface area contributed by atoms with Crippen LogP contribution in [0.2, 0.25) is 0 Å². The lowest BCUT2D eigenvalue weighted by Crippen LogP contribution is -2.33. The Morgan fingerprint density at radius 1 is 1.06 bits per heavy atom. The number of aryl methyl sites for hydroxylation is 1. The average molecular weight is 457 g/mol. The molecule has 0 fully saturated rings. The fourth-order valence-corrected chi connectivity index (χ4v) is 4.50. The molecule has 0 spiro atoms. The summed E-state index contributed by atoms with van der Waals surface area (Å²) < 4.78 is 0. The lowest BCUT2D eigenvalue weighted by atomic mass is 10.0. The molecule has 6 heteroatoms. The highest BCUT2D eigenvalue weighted by molar-refractivity contribution is 7.98. The summed E-state index contributed by atoms with van der Waals surface area (Å²) in [4.78, 5) is 18.7. The fourth-order valence-electron chi connectivity index (χ4n) is 3.88. The maximum Gasteiger partial charge on any atom is 0.247 e. The normalized spacial score (nSPS) is 11.8. The van der Waals surface area contributed by atoms with Crippen molar-refractivity contribution in [2.75, 3.05) is 17.3 Å². The molecule has 1 unspecified atom stereocenters. The van der Waals surface area contributed by atoms with Gasteiger partial charge in [0.25, 0.3) is 0 Å². The fraction of sp³-hybridized carbons (Fsp3) is 0.185. The Balaban J connectivity index is 1.62. The molecule has 5 nitrogen and oxygen atoms in total. The van der Waals surface area contributed by atoms with Crippen LogP contribution in [0.15, 0.2) is 83.9 Å². The quantitative estimate of drug-likeness (QED) is 0.302. The number of nitrogen functional groups attached to an aromatic ring is 1. The molecule has 1 aromatic heterocycles. The maximum atomic E-state index is 13.4. The van der Waals surface area contributed by atoms with E-state index in [2.05, 4.69) is 40.7 Å². The first kappa shape index (κ1) is 22.7. The lowest BCUT2D eigenvalue weighted by molar-refractivity contribution is -0.122. The van der Waals surface area contributed by atoms with E-state index in [0.29, 0.717) is 12.4 Å². The predicted molar refractivity (Wildman–Crippen MR) is 138 cm³/mol. The van der Waals surface area contributed by atoms with Crippen LogP contribution in [0.25, 0.3) is 10.8 Å². The van der Waals surface area contributed by atoms with E-state index in [1.54, 1.807) is 18.0 Å². The third kappa shape index (κ3) is 5.29. The molecule has 33 heavy (non-hydrogen) atoms. The van der Waals surface area contributed by atoms with Gasteiger partial charge in [-0.15, -0.1) is 11.8 Å². The van der Waals surface area contributed by atoms with Gasteiger partial charge in [0.15, 0.2) is 0 Å². The highest BCUT2D eigenvalue weighted by Crippen LogP contribution is 2.27. The van der Waals surface area contributed by atoms with Crippen molar-refractivity contribution in [3.8, 4) is 0 Å². The third-order valence-electron chi connectivity index (χ3n) is 5.71. The molecule has 0 saturated carbocycles. The molecule has 4 N–H and O–H groups in total. The molecule has 0 saturated heterocycles. The van der Waals surface area contributed by atoms with Crippen LogP contribution in [0.5, 0.6) is 0 Å². The van der Waals surface area contributed by atoms with Crippen LogP contribution in [0, 0.1) is 0 Å². The number of nitrogens with two attached hydrogens (primary N) is 1. The van der Waals surface area contributed by atoms with Gasteiger partial charge in [-0.1, -0.05) is 49.4 Å². The minimum absolute atomic E-state index is 0.0755. The van der Waals surface area contributed by atoms with Crippen LogP contribution in [0.3, 0.4) is 0 Å². The second-order valence-electron chi connectivity index (χ2n) is 7.84. The lowest BCUT2D eigenvalue weighted by Gasteiger charge is -2.21. The van der Waals surface area contributed by atoms with Crippen molar-refractivity contribution in [3.63, 3.8) is 0 Å². The van der Waals surface area contributed by atoms with Crippen molar-refractivity contribution in [1.29, 1.82) is 0 Å². The van der Waals surface area contributed by atoms with Crippen LogP contribution < -0.4 is 16.4 Å². The Morgan fingerprint density at radius 2 is 1.91 bits per heavy atom. The number of carbonyl (C=O) groups is 1. The number of nitrogens with one attached hydrogen (secondary N) is 2. The first-order chi connectivity index (χ1) is 16.1. The molecular weight excluding hydrogens is 428 g/mol. The zero-order chi connectivity index (χ0) is 23.2. The number of carbonyl (C=O) groups excluding carboxylic acids is 1. The van der Waals surface area contributed by atoms with Gasteiger partial charge in [-0.3, -0.25) is 4.79 Å². The predicted octanol–water partition coefficient (Wildman–Crippen LogP) is 5.57. The van der Waals surface area contributed by atoms with Crippen molar-refractivity contribution in [1.82, 2.24) is 10.3 Å². The van der Waals surface area contributed by atoms with Gasteiger partial charge in [-0.05, 0) is 65.1 Å². The van der Waals surface area contributed by atoms with E-state index < -0.39 is 6.04 Å². The smallest absolute Gasteiger partial charge is 0.247 e. The zero-order valence-corrected chi connectivity index (χ0v) is 19.7. The van der Waals surface area contributed by atoms with E-state index in [4.69, 9.17) is 5.73 Å². The zero-order valence-electron chi connectivity index (χ0n) is 18.8. The number of amides is 1. The van der Waals surface area contributed by atoms with E-state index in [-0.39, 0.29) is 5.91 Å². The van der Waals surface area contributed by atoms with Gasteiger partial charge in [0.05, 0.1) is 0 Å². The van der Waals surface area contributed by atoms with Gasteiger partial charge < -0.3 is 16.4 Å². The highest BCUT2D eigenvalue weighted by Gasteiger charge is 2.21. The molecule has 168 valence electrons. The molecule has 1 amide bonds. The second kappa shape index (κ2) is 10.4. The van der Waals surface area contributed by atoms with Crippen molar-refractivity contribution >= 4 is 39.9 Å². The summed E-state index contributed by atoms with van der Waals surface area (Å²) >= 11 is 1.68. The number of fused-ring (bicyclic) bond motifs is 1. The van der Waals surface area contributed by atoms with Gasteiger partial charge in [0.2, 0.25) is 5.91 Å². The van der Waals surface area contributed by atoms with E-state index >= 15 is 0 Å². The second-order valence-corrected chi connectivity index (χ2v) is 8.69. The average Bonchev–Trinajstić information content (AvgIpc) is 2.86. The monoisotopic (exact) mass is 456 g/mol. The summed E-state index contributed by atoms with van der Waals surface area (Å²) in [5.41, 5.74) is 10.1. The topological polar surface area (TPSA) is 80.0 Å². The summed E-state index contributed by atoms with van der Waals surface area (Å²) in [6.07, 6.45) is 4.65. The molecule has 3 aromatic carbocycles. The van der Waals surface area contributed by atoms with Gasteiger partial charge in [0.1, 0.15) is 11.9 Å². The molecule has 0 aliphatic rings. The molecule has 4 rings (SSSR count). The maximum absolute atomic E-state index is 13.4. The standard InChI is InChI=1S/C27H28N4OS/c1-3-18-7-6-9-20(15-18)25(27(32)30-17-21-8-4-5-10-24(21)33-2)31-22-11-12-23-19(16-22)13-14-29-26(23)28/h4-16,25,31H,3,17H2,1-2H3,(H2,28,29)(H,30,32). The van der Waals surface area contributed by atoms with Crippen molar-refractivity contribution in [3.05, 3.63) is 95.7 Å². The Hall–Kier alpha value is -3.51. The number of thioether (sulfide) groups is 1. The summed E-state index contributed by atoms with van der Waals surface area (Å²) in [5, 5.41) is 8.44. The summed E-state index contributed by atoms with van der Waals surface area (Å²) in [5.74, 6) is 0.421. The van der Waals surface area contributed by atoms with Crippen LogP contribution in [-0.4, -0.2) is 17.1 Å². The number of hydrogen-bond donors (Lipinski definition) is 3. The summed E-state index contributed by atoms with van der Waals surface area (Å²) in [7, 11) is 0. The minimum Gasteiger partial charge on any atom is -0.383 e. The summed E-state index contributed by atoms with van der Waals surface area (Å²) in [6.45, 7) is 2.59. The van der Waals surface area contributed by atoms with E-state index in [1.807, 2.05) is 60.9 Å². The SMILES string of the molecule is CCc1cccc(C(Nc2ccc3c(N)nccc3c2)C(=O)NCc2ccccc2SC)c1. The number of nitrogens with zero attached hydrogens (tertiary/aromatic N) is 1. The number of aromatic nitrogens is 1. The number of anilines is 2. The van der Waals surface area contributed by atoms with Gasteiger partial charge in [0, 0.05) is 28.7 Å². The van der Waals surface area contributed by atoms with Crippen LogP contribution in [-0.2, 0) is 17.8 Å². The number of benzene rings is 3. The van der Waals surface area contributed by atoms with Gasteiger partial charge in [-0.25, -0.2) is 4.98 Å². The van der Waals surface area contributed by atoms with Crippen LogP contribution in [0.4, 0.5) is 11.5 Å². The summed E-state index contributed by atoms with van der Waals surface area (Å²) in [6, 6.07) is 23.6. The number of pyridine rings is 1. The van der Waals surface area contributed by atoms with Crippen LogP contribution in [0.1, 0.15) is 29.7 Å². The van der Waals surface area contributed by atoms with Crippen LogP contribution >= 0.6 is 11.8 Å². The first-order valence-corrected chi connectivity index (χ1v) is 12.2. The van der Waals surface area contributed by atoms with E-state index in [1.165, 1.54) is 5.56 Å². The Kier molecular flexibility index (Phi) is 7.15. The Morgan fingerprint density at radius 3 is 2.73 bits per heavy atom.